The normalized spacial score (nSPS) is 19.4. The van der Waals surface area contributed by atoms with E-state index in [9.17, 15) is 0 Å². The molecule has 1 aliphatic heterocycles. The van der Waals surface area contributed by atoms with Crippen molar-refractivity contribution in [3.05, 3.63) is 29.8 Å². The molecule has 0 spiro atoms. The van der Waals surface area contributed by atoms with Crippen molar-refractivity contribution in [1.82, 2.24) is 0 Å². The van der Waals surface area contributed by atoms with Crippen LogP contribution >= 0.6 is 0 Å². The fourth-order valence-corrected chi connectivity index (χ4v) is 1.21. The second-order valence-corrected chi connectivity index (χ2v) is 3.27. The van der Waals surface area contributed by atoms with Crippen molar-refractivity contribution in [2.45, 2.75) is 12.7 Å². The lowest BCUT2D eigenvalue weighted by molar-refractivity contribution is 0.179. The maximum atomic E-state index is 5.43. The molecular weight excluding hydrogens is 180 g/mol. The van der Waals surface area contributed by atoms with Gasteiger partial charge in [-0.05, 0) is 24.1 Å². The van der Waals surface area contributed by atoms with Crippen molar-refractivity contribution in [2.75, 3.05) is 20.3 Å². The van der Waals surface area contributed by atoms with Gasteiger partial charge in [0.15, 0.2) is 0 Å². The van der Waals surface area contributed by atoms with Crippen LogP contribution in [0.5, 0.6) is 5.75 Å². The summed E-state index contributed by atoms with van der Waals surface area (Å²) >= 11 is 0. The van der Waals surface area contributed by atoms with Gasteiger partial charge in [-0.15, -0.1) is 0 Å². The van der Waals surface area contributed by atoms with Crippen LogP contribution in [0.2, 0.25) is 0 Å². The number of hydrogen-bond acceptors (Lipinski definition) is 3. The maximum Gasteiger partial charge on any atom is 0.223 e. The van der Waals surface area contributed by atoms with Gasteiger partial charge in [-0.2, -0.15) is 0 Å². The van der Waals surface area contributed by atoms with Gasteiger partial charge in [0, 0.05) is 7.11 Å². The minimum absolute atomic E-state index is 0.0141. The molecule has 1 heterocycles. The molecule has 1 atom stereocenters. The molecule has 3 nitrogen and oxygen atoms in total. The van der Waals surface area contributed by atoms with Crippen molar-refractivity contribution in [1.29, 1.82) is 0 Å². The maximum absolute atomic E-state index is 5.43. The lowest BCUT2D eigenvalue weighted by Crippen LogP contribution is -1.98. The third-order valence-corrected chi connectivity index (χ3v) is 2.09. The molecule has 76 valence electrons. The van der Waals surface area contributed by atoms with Crippen LogP contribution in [-0.4, -0.2) is 26.6 Å². The first-order valence-electron chi connectivity index (χ1n) is 4.74. The zero-order chi connectivity index (χ0) is 9.80. The summed E-state index contributed by atoms with van der Waals surface area (Å²) in [6, 6.07) is 8.03. The largest absolute Gasteiger partial charge is 0.462 e. The third-order valence-electron chi connectivity index (χ3n) is 2.09. The summed E-state index contributed by atoms with van der Waals surface area (Å²) in [4.78, 5) is 0. The summed E-state index contributed by atoms with van der Waals surface area (Å²) < 4.78 is 15.4. The van der Waals surface area contributed by atoms with Gasteiger partial charge in [-0.25, -0.2) is 0 Å². The zero-order valence-corrected chi connectivity index (χ0v) is 8.23. The number of hydrogen-bond donors (Lipinski definition) is 0. The minimum Gasteiger partial charge on any atom is -0.462 e. The average Bonchev–Trinajstić information content (AvgIpc) is 3.01. The number of benzene rings is 1. The first-order chi connectivity index (χ1) is 6.88. The average molecular weight is 194 g/mol. The van der Waals surface area contributed by atoms with Gasteiger partial charge < -0.3 is 14.2 Å². The van der Waals surface area contributed by atoms with Crippen molar-refractivity contribution >= 4 is 0 Å². The van der Waals surface area contributed by atoms with Crippen molar-refractivity contribution < 1.29 is 14.2 Å². The number of methoxy groups -OCH3 is 1. The van der Waals surface area contributed by atoms with E-state index in [0.717, 1.165) is 18.8 Å². The zero-order valence-electron chi connectivity index (χ0n) is 8.23. The molecule has 0 saturated carbocycles. The van der Waals surface area contributed by atoms with Gasteiger partial charge in [-0.1, -0.05) is 12.1 Å². The number of rotatable bonds is 5. The minimum atomic E-state index is -0.0141. The lowest BCUT2D eigenvalue weighted by atomic mass is 10.1. The molecule has 14 heavy (non-hydrogen) atoms. The van der Waals surface area contributed by atoms with E-state index in [1.54, 1.807) is 7.11 Å². The van der Waals surface area contributed by atoms with Crippen LogP contribution in [0.1, 0.15) is 5.56 Å². The molecule has 2 rings (SSSR count). The molecule has 1 aliphatic rings. The van der Waals surface area contributed by atoms with E-state index in [1.807, 2.05) is 12.1 Å². The first kappa shape index (κ1) is 9.49. The summed E-state index contributed by atoms with van der Waals surface area (Å²) in [6.45, 7) is 1.47. The van der Waals surface area contributed by atoms with Gasteiger partial charge in [0.1, 0.15) is 12.4 Å². The van der Waals surface area contributed by atoms with Gasteiger partial charge in [0.2, 0.25) is 6.29 Å². The van der Waals surface area contributed by atoms with E-state index in [0.29, 0.717) is 6.61 Å². The van der Waals surface area contributed by atoms with E-state index >= 15 is 0 Å². The Morgan fingerprint density at radius 2 is 2.07 bits per heavy atom. The van der Waals surface area contributed by atoms with E-state index in [-0.39, 0.29) is 6.29 Å². The van der Waals surface area contributed by atoms with Gasteiger partial charge in [-0.3, -0.25) is 0 Å². The molecule has 1 unspecified atom stereocenters. The van der Waals surface area contributed by atoms with Crippen LogP contribution in [0.3, 0.4) is 0 Å². The van der Waals surface area contributed by atoms with E-state index < -0.39 is 0 Å². The summed E-state index contributed by atoms with van der Waals surface area (Å²) in [6.07, 6.45) is 0.927. The quantitative estimate of drug-likeness (QED) is 0.667. The standard InChI is InChI=1S/C11H14O3/c1-12-7-6-9-2-4-10(5-3-9)14-11-8-13-11/h2-5,11H,6-8H2,1H3. The molecule has 0 amide bonds. The van der Waals surface area contributed by atoms with E-state index in [1.165, 1.54) is 5.56 Å². The Morgan fingerprint density at radius 3 is 2.64 bits per heavy atom. The molecule has 0 aromatic heterocycles. The molecule has 1 aromatic carbocycles. The predicted octanol–water partition coefficient (Wildman–Crippen LogP) is 1.61. The van der Waals surface area contributed by atoms with Crippen LogP contribution in [-0.2, 0) is 15.9 Å². The Hall–Kier alpha value is -1.06. The monoisotopic (exact) mass is 194 g/mol. The SMILES string of the molecule is COCCc1ccc(OC2CO2)cc1. The van der Waals surface area contributed by atoms with Crippen molar-refractivity contribution in [2.24, 2.45) is 0 Å². The molecule has 0 radical (unpaired) electrons. The molecule has 1 fully saturated rings. The molecule has 3 heteroatoms. The summed E-state index contributed by atoms with van der Waals surface area (Å²) in [5, 5.41) is 0. The molecule has 0 aliphatic carbocycles. The summed E-state index contributed by atoms with van der Waals surface area (Å²) in [7, 11) is 1.71. The number of ether oxygens (including phenoxy) is 3. The highest BCUT2D eigenvalue weighted by molar-refractivity contribution is 5.27. The lowest BCUT2D eigenvalue weighted by Gasteiger charge is -2.04. The number of epoxide rings is 1. The van der Waals surface area contributed by atoms with Crippen LogP contribution < -0.4 is 4.74 Å². The Labute approximate surface area is 83.6 Å². The first-order valence-corrected chi connectivity index (χ1v) is 4.74. The highest BCUT2D eigenvalue weighted by Crippen LogP contribution is 2.19. The highest BCUT2D eigenvalue weighted by atomic mass is 16.8. The molecular formula is C11H14O3. The van der Waals surface area contributed by atoms with Crippen molar-refractivity contribution in [3.8, 4) is 5.75 Å². The van der Waals surface area contributed by atoms with Crippen LogP contribution in [0.15, 0.2) is 24.3 Å². The topological polar surface area (TPSA) is 31.0 Å². The van der Waals surface area contributed by atoms with Crippen molar-refractivity contribution in [3.63, 3.8) is 0 Å². The van der Waals surface area contributed by atoms with Gasteiger partial charge in [0.25, 0.3) is 0 Å². The molecule has 0 bridgehead atoms. The van der Waals surface area contributed by atoms with Crippen LogP contribution in [0.25, 0.3) is 0 Å². The van der Waals surface area contributed by atoms with Crippen LogP contribution in [0, 0.1) is 0 Å². The third kappa shape index (κ3) is 2.72. The smallest absolute Gasteiger partial charge is 0.223 e. The second-order valence-electron chi connectivity index (χ2n) is 3.27. The fourth-order valence-electron chi connectivity index (χ4n) is 1.21. The molecule has 0 N–H and O–H groups in total. The second kappa shape index (κ2) is 4.44. The Kier molecular flexibility index (Phi) is 3.01. The summed E-state index contributed by atoms with van der Waals surface area (Å²) in [5.41, 5.74) is 1.26. The Morgan fingerprint density at radius 1 is 1.36 bits per heavy atom. The van der Waals surface area contributed by atoms with Gasteiger partial charge in [0.05, 0.1) is 6.61 Å². The molecule has 1 aromatic rings. The van der Waals surface area contributed by atoms with Gasteiger partial charge >= 0.3 is 0 Å². The fraction of sp³-hybridized carbons (Fsp3) is 0.455. The highest BCUT2D eigenvalue weighted by Gasteiger charge is 2.24. The van der Waals surface area contributed by atoms with Crippen LogP contribution in [0.4, 0.5) is 0 Å². The Balaban J connectivity index is 1.88. The summed E-state index contributed by atoms with van der Waals surface area (Å²) in [5.74, 6) is 0.869. The van der Waals surface area contributed by atoms with E-state index in [2.05, 4.69) is 12.1 Å². The molecule has 1 saturated heterocycles. The van der Waals surface area contributed by atoms with E-state index in [4.69, 9.17) is 14.2 Å². The predicted molar refractivity (Wildman–Crippen MR) is 52.4 cm³/mol. The Bertz CT molecular complexity index is 277.